The summed E-state index contributed by atoms with van der Waals surface area (Å²) in [6.07, 6.45) is 3.73. The van der Waals surface area contributed by atoms with Crippen molar-refractivity contribution in [3.8, 4) is 0 Å². The molecule has 0 amide bonds. The molecule has 0 bridgehead atoms. The molecule has 0 aliphatic carbocycles. The predicted octanol–water partition coefficient (Wildman–Crippen LogP) is 3.28. The SMILES string of the molecule is CC1CCN(C2CSC3(C2)CN(S(=O)(=O)c2ccc4ncsc4c2)C3)CC1. The molecular formula is C19H25N3O2S3. The zero-order chi connectivity index (χ0) is 18.6. The Morgan fingerprint density at radius 3 is 2.78 bits per heavy atom. The van der Waals surface area contributed by atoms with E-state index in [1.54, 1.807) is 21.9 Å². The van der Waals surface area contributed by atoms with Crippen LogP contribution in [0.1, 0.15) is 26.2 Å². The number of hydrogen-bond donors (Lipinski definition) is 0. The maximum Gasteiger partial charge on any atom is 0.243 e. The Morgan fingerprint density at radius 1 is 1.22 bits per heavy atom. The third-order valence-electron chi connectivity index (χ3n) is 6.39. The van der Waals surface area contributed by atoms with Crippen LogP contribution in [-0.4, -0.2) is 65.3 Å². The average molecular weight is 424 g/mol. The number of likely N-dealkylation sites (tertiary alicyclic amines) is 1. The van der Waals surface area contributed by atoms with Gasteiger partial charge in [0.15, 0.2) is 0 Å². The van der Waals surface area contributed by atoms with Crippen molar-refractivity contribution in [3.05, 3.63) is 23.7 Å². The second-order valence-corrected chi connectivity index (χ2v) is 12.6. The summed E-state index contributed by atoms with van der Waals surface area (Å²) in [7, 11) is -3.40. The van der Waals surface area contributed by atoms with Crippen LogP contribution in [0.3, 0.4) is 0 Å². The monoisotopic (exact) mass is 423 g/mol. The van der Waals surface area contributed by atoms with E-state index in [2.05, 4.69) is 16.8 Å². The van der Waals surface area contributed by atoms with Crippen LogP contribution in [0, 0.1) is 5.92 Å². The second kappa shape index (κ2) is 6.69. The summed E-state index contributed by atoms with van der Waals surface area (Å²) < 4.78 is 28.8. The van der Waals surface area contributed by atoms with Crippen LogP contribution >= 0.6 is 23.1 Å². The van der Waals surface area contributed by atoms with Crippen LogP contribution in [0.4, 0.5) is 0 Å². The van der Waals surface area contributed by atoms with E-state index >= 15 is 0 Å². The molecule has 3 aliphatic rings. The first-order valence-electron chi connectivity index (χ1n) is 9.67. The summed E-state index contributed by atoms with van der Waals surface area (Å²) in [4.78, 5) is 7.29. The molecule has 8 heteroatoms. The van der Waals surface area contributed by atoms with Crippen molar-refractivity contribution in [1.29, 1.82) is 0 Å². The minimum atomic E-state index is -3.40. The molecule has 1 atom stereocenters. The van der Waals surface area contributed by atoms with Gasteiger partial charge in [-0.2, -0.15) is 16.1 Å². The lowest BCUT2D eigenvalue weighted by Gasteiger charge is -2.47. The molecule has 5 rings (SSSR count). The van der Waals surface area contributed by atoms with E-state index in [9.17, 15) is 8.42 Å². The highest BCUT2D eigenvalue weighted by molar-refractivity contribution is 8.01. The Morgan fingerprint density at radius 2 is 2.00 bits per heavy atom. The number of piperidine rings is 1. The summed E-state index contributed by atoms with van der Waals surface area (Å²) in [5.74, 6) is 2.00. The Bertz CT molecular complexity index is 944. The van der Waals surface area contributed by atoms with Crippen molar-refractivity contribution in [2.24, 2.45) is 5.92 Å². The molecule has 146 valence electrons. The highest BCUT2D eigenvalue weighted by Crippen LogP contribution is 2.48. The van der Waals surface area contributed by atoms with Gasteiger partial charge in [-0.3, -0.25) is 4.90 Å². The molecule has 4 heterocycles. The van der Waals surface area contributed by atoms with Crippen molar-refractivity contribution in [3.63, 3.8) is 0 Å². The van der Waals surface area contributed by atoms with E-state index in [0.717, 1.165) is 28.3 Å². The van der Waals surface area contributed by atoms with Crippen LogP contribution in [0.25, 0.3) is 10.2 Å². The first-order valence-corrected chi connectivity index (χ1v) is 13.0. The van der Waals surface area contributed by atoms with Gasteiger partial charge >= 0.3 is 0 Å². The maximum absolute atomic E-state index is 13.0. The predicted molar refractivity (Wildman–Crippen MR) is 112 cm³/mol. The van der Waals surface area contributed by atoms with Gasteiger partial charge in [-0.25, -0.2) is 13.4 Å². The van der Waals surface area contributed by atoms with E-state index in [1.807, 2.05) is 17.8 Å². The van der Waals surface area contributed by atoms with Crippen molar-refractivity contribution in [2.45, 2.75) is 41.9 Å². The number of nitrogens with zero attached hydrogens (tertiary/aromatic N) is 3. The normalized spacial score (nSPS) is 27.4. The maximum atomic E-state index is 13.0. The fourth-order valence-electron chi connectivity index (χ4n) is 4.58. The number of thiazole rings is 1. The zero-order valence-electron chi connectivity index (χ0n) is 15.5. The quantitative estimate of drug-likeness (QED) is 0.758. The Balaban J connectivity index is 1.26. The molecule has 3 fully saturated rings. The smallest absolute Gasteiger partial charge is 0.243 e. The highest BCUT2D eigenvalue weighted by atomic mass is 32.2. The van der Waals surface area contributed by atoms with E-state index in [0.29, 0.717) is 24.0 Å². The first-order chi connectivity index (χ1) is 13.0. The van der Waals surface area contributed by atoms with Gasteiger partial charge in [0.05, 0.1) is 20.6 Å². The Kier molecular flexibility index (Phi) is 4.55. The second-order valence-electron chi connectivity index (χ2n) is 8.33. The number of rotatable bonds is 3. The highest BCUT2D eigenvalue weighted by Gasteiger charge is 2.53. The molecule has 1 unspecified atom stereocenters. The summed E-state index contributed by atoms with van der Waals surface area (Å²) >= 11 is 3.48. The summed E-state index contributed by atoms with van der Waals surface area (Å²) in [6.45, 7) is 6.07. The van der Waals surface area contributed by atoms with Gasteiger partial charge in [-0.15, -0.1) is 11.3 Å². The average Bonchev–Trinajstić information content (AvgIpc) is 3.27. The Hall–Kier alpha value is -0.670. The molecule has 2 aromatic rings. The fraction of sp³-hybridized carbons (Fsp3) is 0.632. The van der Waals surface area contributed by atoms with Crippen molar-refractivity contribution in [2.75, 3.05) is 31.9 Å². The van der Waals surface area contributed by atoms with Gasteiger partial charge in [-0.1, -0.05) is 6.92 Å². The third kappa shape index (κ3) is 3.23. The zero-order valence-corrected chi connectivity index (χ0v) is 18.0. The minimum Gasteiger partial charge on any atom is -0.299 e. The lowest BCUT2D eigenvalue weighted by molar-refractivity contribution is 0.123. The molecule has 0 N–H and O–H groups in total. The lowest BCUT2D eigenvalue weighted by atomic mass is 9.91. The van der Waals surface area contributed by atoms with Crippen molar-refractivity contribution in [1.82, 2.24) is 14.2 Å². The molecule has 3 saturated heterocycles. The van der Waals surface area contributed by atoms with E-state index in [4.69, 9.17) is 0 Å². The summed E-state index contributed by atoms with van der Waals surface area (Å²) in [6, 6.07) is 5.90. The van der Waals surface area contributed by atoms with E-state index < -0.39 is 10.0 Å². The van der Waals surface area contributed by atoms with Gasteiger partial charge < -0.3 is 0 Å². The largest absolute Gasteiger partial charge is 0.299 e. The fourth-order valence-corrected chi connectivity index (χ4v) is 8.85. The van der Waals surface area contributed by atoms with Crippen molar-refractivity contribution < 1.29 is 8.42 Å². The standard InChI is InChI=1S/C19H25N3O2S3/c1-14-4-6-21(7-5-14)15-9-19(26-10-15)11-22(12-19)27(23,24)16-2-3-17-18(8-16)25-13-20-17/h2-3,8,13-15H,4-7,9-12H2,1H3. The van der Waals surface area contributed by atoms with E-state index in [1.165, 1.54) is 37.3 Å². The number of sulfonamides is 1. The van der Waals surface area contributed by atoms with Gasteiger partial charge in [0.2, 0.25) is 10.0 Å². The number of hydrogen-bond acceptors (Lipinski definition) is 6. The van der Waals surface area contributed by atoms with E-state index in [-0.39, 0.29) is 4.75 Å². The van der Waals surface area contributed by atoms with Crippen LogP contribution in [0.5, 0.6) is 0 Å². The van der Waals surface area contributed by atoms with Crippen LogP contribution < -0.4 is 0 Å². The van der Waals surface area contributed by atoms with Gasteiger partial charge in [0, 0.05) is 29.6 Å². The topological polar surface area (TPSA) is 53.5 Å². The molecule has 1 spiro atoms. The number of aromatic nitrogens is 1. The molecule has 1 aromatic carbocycles. The van der Waals surface area contributed by atoms with Crippen molar-refractivity contribution >= 4 is 43.3 Å². The van der Waals surface area contributed by atoms with Gasteiger partial charge in [0.25, 0.3) is 0 Å². The summed E-state index contributed by atoms with van der Waals surface area (Å²) in [5, 5.41) is 0. The number of thioether (sulfide) groups is 1. The molecule has 3 aliphatic heterocycles. The molecule has 5 nitrogen and oxygen atoms in total. The summed E-state index contributed by atoms with van der Waals surface area (Å²) in [5.41, 5.74) is 2.63. The Labute approximate surface area is 169 Å². The molecular weight excluding hydrogens is 398 g/mol. The molecule has 0 radical (unpaired) electrons. The van der Waals surface area contributed by atoms with Crippen LogP contribution in [0.2, 0.25) is 0 Å². The first kappa shape index (κ1) is 18.4. The third-order valence-corrected chi connectivity index (χ3v) is 10.6. The number of fused-ring (bicyclic) bond motifs is 1. The molecule has 1 aromatic heterocycles. The number of benzene rings is 1. The van der Waals surface area contributed by atoms with Crippen LogP contribution in [-0.2, 0) is 10.0 Å². The lowest BCUT2D eigenvalue weighted by Crippen LogP contribution is -2.61. The molecule has 27 heavy (non-hydrogen) atoms. The molecule has 0 saturated carbocycles. The van der Waals surface area contributed by atoms with Gasteiger partial charge in [-0.05, 0) is 56.5 Å². The van der Waals surface area contributed by atoms with Crippen LogP contribution in [0.15, 0.2) is 28.6 Å². The minimum absolute atomic E-state index is 0.134. The van der Waals surface area contributed by atoms with Gasteiger partial charge in [0.1, 0.15) is 0 Å².